The molecule has 4 atom stereocenters. The van der Waals surface area contributed by atoms with Gasteiger partial charge in [0.15, 0.2) is 17.1 Å². The van der Waals surface area contributed by atoms with Crippen molar-refractivity contribution in [1.29, 1.82) is 0 Å². The van der Waals surface area contributed by atoms with E-state index in [1.165, 1.54) is 12.7 Å². The fraction of sp³-hybridized carbons (Fsp3) is 0.400. The molecular weight excluding hydrogens is 340 g/mol. The Balaban J connectivity index is 1.68. The molecule has 26 heavy (non-hydrogen) atoms. The zero-order chi connectivity index (χ0) is 18.2. The van der Waals surface area contributed by atoms with Crippen LogP contribution in [0.2, 0.25) is 0 Å². The fourth-order valence-corrected chi connectivity index (χ4v) is 4.15. The molecule has 5 rings (SSSR count). The summed E-state index contributed by atoms with van der Waals surface area (Å²) in [5.74, 6) is -2.18. The monoisotopic (exact) mass is 356 g/mol. The van der Waals surface area contributed by atoms with Gasteiger partial charge in [0.2, 0.25) is 0 Å². The molecule has 0 bridgehead atoms. The molecule has 1 fully saturated rings. The van der Waals surface area contributed by atoms with Gasteiger partial charge in [-0.15, -0.1) is 20.4 Å². The van der Waals surface area contributed by atoms with Gasteiger partial charge >= 0.3 is 0 Å². The van der Waals surface area contributed by atoms with Gasteiger partial charge in [-0.05, 0) is 13.8 Å². The number of H-pyrrole nitrogens is 2. The first-order chi connectivity index (χ1) is 12.5. The van der Waals surface area contributed by atoms with Crippen molar-refractivity contribution < 1.29 is 15.0 Å². The Kier molecular flexibility index (Phi) is 2.92. The summed E-state index contributed by atoms with van der Waals surface area (Å²) in [6.07, 6.45) is 0.487. The highest BCUT2D eigenvalue weighted by Crippen LogP contribution is 2.45. The number of nitrogens with zero attached hydrogens (tertiary/aromatic N) is 6. The van der Waals surface area contributed by atoms with E-state index in [0.29, 0.717) is 33.8 Å². The van der Waals surface area contributed by atoms with Gasteiger partial charge in [-0.1, -0.05) is 0 Å². The van der Waals surface area contributed by atoms with Gasteiger partial charge in [0.1, 0.15) is 18.8 Å². The SMILES string of the molecule is Cc1[nH]n2cnnc2c1C1C(=O)C(O)C(c2c(C)[nH]n3cnnc23)C1O. The molecule has 0 aromatic carbocycles. The zero-order valence-corrected chi connectivity index (χ0v) is 14.0. The minimum absolute atomic E-state index is 0.451. The van der Waals surface area contributed by atoms with Crippen LogP contribution in [0.3, 0.4) is 0 Å². The van der Waals surface area contributed by atoms with Crippen molar-refractivity contribution in [2.45, 2.75) is 37.9 Å². The molecule has 0 amide bonds. The van der Waals surface area contributed by atoms with E-state index in [0.717, 1.165) is 0 Å². The van der Waals surface area contributed by atoms with Crippen molar-refractivity contribution in [2.24, 2.45) is 0 Å². The van der Waals surface area contributed by atoms with Crippen LogP contribution < -0.4 is 0 Å². The lowest BCUT2D eigenvalue weighted by molar-refractivity contribution is -0.126. The highest BCUT2D eigenvalue weighted by atomic mass is 16.3. The van der Waals surface area contributed by atoms with Crippen molar-refractivity contribution in [2.75, 3.05) is 0 Å². The van der Waals surface area contributed by atoms with E-state index >= 15 is 0 Å². The number of aromatic nitrogens is 8. The molecule has 4 unspecified atom stereocenters. The predicted octanol–water partition coefficient (Wildman–Crippen LogP) is -0.783. The predicted molar refractivity (Wildman–Crippen MR) is 86.7 cm³/mol. The molecule has 0 aliphatic heterocycles. The van der Waals surface area contributed by atoms with E-state index in [-0.39, 0.29) is 0 Å². The first-order valence-electron chi connectivity index (χ1n) is 8.15. The number of carbonyl (C=O) groups is 1. The summed E-state index contributed by atoms with van der Waals surface area (Å²) in [5, 5.41) is 43.5. The lowest BCUT2D eigenvalue weighted by atomic mass is 9.89. The number of fused-ring (bicyclic) bond motifs is 2. The maximum absolute atomic E-state index is 12.9. The second-order valence-corrected chi connectivity index (χ2v) is 6.69. The second-order valence-electron chi connectivity index (χ2n) is 6.69. The van der Waals surface area contributed by atoms with Gasteiger partial charge in [-0.25, -0.2) is 9.03 Å². The highest BCUT2D eigenvalue weighted by molar-refractivity contribution is 5.96. The van der Waals surface area contributed by atoms with Crippen molar-refractivity contribution in [1.82, 2.24) is 39.6 Å². The summed E-state index contributed by atoms with van der Waals surface area (Å²) in [4.78, 5) is 12.9. The number of ketones is 1. The number of hydrogen-bond donors (Lipinski definition) is 4. The Bertz CT molecular complexity index is 1150. The van der Waals surface area contributed by atoms with Crippen LogP contribution in [0.25, 0.3) is 11.3 Å². The van der Waals surface area contributed by atoms with E-state index < -0.39 is 29.8 Å². The minimum atomic E-state index is -1.36. The Morgan fingerprint density at radius 2 is 1.50 bits per heavy atom. The number of aliphatic hydroxyl groups excluding tert-OH is 2. The van der Waals surface area contributed by atoms with Gasteiger partial charge in [0.05, 0.1) is 12.0 Å². The molecule has 134 valence electrons. The molecule has 1 aliphatic rings. The third-order valence-corrected chi connectivity index (χ3v) is 5.25. The molecule has 4 heterocycles. The largest absolute Gasteiger partial charge is 0.391 e. The minimum Gasteiger partial charge on any atom is -0.391 e. The van der Waals surface area contributed by atoms with Crippen LogP contribution in [0.4, 0.5) is 0 Å². The molecule has 11 nitrogen and oxygen atoms in total. The lowest BCUT2D eigenvalue weighted by Gasteiger charge is -2.18. The molecule has 4 aromatic rings. The number of nitrogens with one attached hydrogen (secondary N) is 2. The molecular formula is C15H16N8O3. The number of carbonyl (C=O) groups excluding carboxylic acids is 1. The third kappa shape index (κ3) is 1.75. The van der Waals surface area contributed by atoms with Crippen molar-refractivity contribution in [3.05, 3.63) is 35.2 Å². The van der Waals surface area contributed by atoms with E-state index in [9.17, 15) is 15.0 Å². The highest BCUT2D eigenvalue weighted by Gasteiger charge is 2.53. The maximum atomic E-state index is 12.9. The van der Waals surface area contributed by atoms with Crippen LogP contribution in [0.1, 0.15) is 34.4 Å². The Morgan fingerprint density at radius 1 is 0.962 bits per heavy atom. The first-order valence-corrected chi connectivity index (χ1v) is 8.15. The zero-order valence-electron chi connectivity index (χ0n) is 14.0. The van der Waals surface area contributed by atoms with E-state index in [2.05, 4.69) is 30.6 Å². The van der Waals surface area contributed by atoms with Gasteiger partial charge in [0.25, 0.3) is 0 Å². The topological polar surface area (TPSA) is 149 Å². The third-order valence-electron chi connectivity index (χ3n) is 5.25. The number of Topliss-reactive ketones (excluding diaryl/α,β-unsaturated/α-hetero) is 1. The summed E-state index contributed by atoms with van der Waals surface area (Å²) in [6, 6.07) is 0. The Hall–Kier alpha value is -3.05. The van der Waals surface area contributed by atoms with E-state index in [4.69, 9.17) is 0 Å². The smallest absolute Gasteiger partial charge is 0.181 e. The summed E-state index contributed by atoms with van der Waals surface area (Å²) >= 11 is 0. The van der Waals surface area contributed by atoms with Crippen LogP contribution in [0.15, 0.2) is 12.7 Å². The van der Waals surface area contributed by atoms with Gasteiger partial charge < -0.3 is 10.2 Å². The Labute approximate surface area is 145 Å². The van der Waals surface area contributed by atoms with Crippen LogP contribution in [0, 0.1) is 13.8 Å². The van der Waals surface area contributed by atoms with E-state index in [1.807, 2.05) is 0 Å². The summed E-state index contributed by atoms with van der Waals surface area (Å²) in [6.45, 7) is 3.60. The first kappa shape index (κ1) is 15.2. The molecule has 4 N–H and O–H groups in total. The standard InChI is InChI=1S/C15H16N8O3/c1-5-7(14-18-16-3-22(14)20-5)9-11(24)10(13(26)12(9)25)8-6(2)21-23-4-17-19-15(8)23/h3-4,9-12,20-21,24-25H,1-2H3. The number of aryl methyl sites for hydroxylation is 2. The van der Waals surface area contributed by atoms with Crippen molar-refractivity contribution in [3.63, 3.8) is 0 Å². The number of aromatic amines is 2. The maximum Gasteiger partial charge on any atom is 0.181 e. The molecule has 1 aliphatic carbocycles. The van der Waals surface area contributed by atoms with Crippen LogP contribution >= 0.6 is 0 Å². The summed E-state index contributed by atoms with van der Waals surface area (Å²) < 4.78 is 3.18. The average Bonchev–Trinajstić information content (AvgIpc) is 3.35. The van der Waals surface area contributed by atoms with Crippen molar-refractivity contribution >= 4 is 17.1 Å². The normalized spacial score (nSPS) is 26.5. The lowest BCUT2D eigenvalue weighted by Crippen LogP contribution is -2.23. The average molecular weight is 356 g/mol. The Morgan fingerprint density at radius 3 is 2.12 bits per heavy atom. The quantitative estimate of drug-likeness (QED) is 0.368. The second kappa shape index (κ2) is 4.99. The molecule has 0 spiro atoms. The summed E-state index contributed by atoms with van der Waals surface area (Å²) in [5.41, 5.74) is 3.49. The van der Waals surface area contributed by atoms with Gasteiger partial charge in [-0.2, -0.15) is 0 Å². The van der Waals surface area contributed by atoms with Crippen LogP contribution in [0.5, 0.6) is 0 Å². The fourth-order valence-electron chi connectivity index (χ4n) is 4.15. The molecule has 0 radical (unpaired) electrons. The van der Waals surface area contributed by atoms with E-state index in [1.54, 1.807) is 22.9 Å². The molecule has 4 aromatic heterocycles. The molecule has 1 saturated carbocycles. The molecule has 0 saturated heterocycles. The van der Waals surface area contributed by atoms with Gasteiger partial charge in [0, 0.05) is 28.4 Å². The molecule has 11 heteroatoms. The number of rotatable bonds is 2. The van der Waals surface area contributed by atoms with Gasteiger partial charge in [-0.3, -0.25) is 15.0 Å². The number of aliphatic hydroxyl groups is 2. The van der Waals surface area contributed by atoms with Crippen LogP contribution in [-0.4, -0.2) is 67.8 Å². The summed E-state index contributed by atoms with van der Waals surface area (Å²) in [7, 11) is 0. The van der Waals surface area contributed by atoms with Crippen LogP contribution in [-0.2, 0) is 4.79 Å². The van der Waals surface area contributed by atoms with Crippen molar-refractivity contribution in [3.8, 4) is 0 Å². The number of hydrogen-bond acceptors (Lipinski definition) is 7.